The van der Waals surface area contributed by atoms with E-state index in [1.54, 1.807) is 0 Å². The molecule has 1 N–H and O–H groups in total. The number of hydrogen-bond acceptors (Lipinski definition) is 5. The molecule has 2 aromatic carbocycles. The van der Waals surface area contributed by atoms with Gasteiger partial charge in [-0.05, 0) is 36.2 Å². The number of anilines is 1. The zero-order valence-corrected chi connectivity index (χ0v) is 18.7. The number of carbonyl (C=O) groups is 1. The third-order valence-corrected chi connectivity index (χ3v) is 6.57. The number of aromatic amines is 1. The number of benzene rings is 2. The summed E-state index contributed by atoms with van der Waals surface area (Å²) in [4.78, 5) is 17.5. The van der Waals surface area contributed by atoms with Crippen LogP contribution < -0.4 is 4.90 Å². The molecule has 2 fully saturated rings. The van der Waals surface area contributed by atoms with Gasteiger partial charge in [0.1, 0.15) is 0 Å². The summed E-state index contributed by atoms with van der Waals surface area (Å²) >= 11 is 6.46. The summed E-state index contributed by atoms with van der Waals surface area (Å²) < 4.78 is 11.3. The van der Waals surface area contributed by atoms with E-state index in [0.29, 0.717) is 50.1 Å². The number of hydrogen-bond donors (Lipinski definition) is 1. The molecule has 1 amide bonds. The van der Waals surface area contributed by atoms with Gasteiger partial charge in [-0.1, -0.05) is 23.7 Å². The molecule has 0 bridgehead atoms. The topological polar surface area (TPSA) is 70.7 Å². The van der Waals surface area contributed by atoms with Crippen LogP contribution in [0.1, 0.15) is 15.9 Å². The van der Waals surface area contributed by atoms with Crippen LogP contribution in [0, 0.1) is 5.92 Å². The Morgan fingerprint density at radius 3 is 2.84 bits per heavy atom. The molecule has 0 spiro atoms. The SMILES string of the molecule is O=C(c1ccc(Cl)c(N2CCOCC2)c1)N1CCOC[C@@H](Cc2cccc3[nH]ncc23)C1. The zero-order chi connectivity index (χ0) is 21.9. The van der Waals surface area contributed by atoms with Crippen LogP contribution in [-0.4, -0.2) is 73.6 Å². The summed E-state index contributed by atoms with van der Waals surface area (Å²) in [6.07, 6.45) is 2.70. The summed E-state index contributed by atoms with van der Waals surface area (Å²) in [6.45, 7) is 5.31. The maximum absolute atomic E-state index is 13.4. The van der Waals surface area contributed by atoms with Gasteiger partial charge in [0.15, 0.2) is 0 Å². The Labute approximate surface area is 192 Å². The summed E-state index contributed by atoms with van der Waals surface area (Å²) in [5, 5.41) is 8.98. The van der Waals surface area contributed by atoms with Crippen LogP contribution in [0.15, 0.2) is 42.6 Å². The second-order valence-corrected chi connectivity index (χ2v) is 8.82. The number of ether oxygens (including phenoxy) is 2. The third-order valence-electron chi connectivity index (χ3n) is 6.25. The molecule has 3 heterocycles. The molecule has 2 aliphatic rings. The molecule has 3 aromatic rings. The van der Waals surface area contributed by atoms with Crippen LogP contribution in [0.4, 0.5) is 5.69 Å². The van der Waals surface area contributed by atoms with Crippen LogP contribution in [-0.2, 0) is 15.9 Å². The number of rotatable bonds is 4. The van der Waals surface area contributed by atoms with Gasteiger partial charge in [0, 0.05) is 43.0 Å². The molecular formula is C24H27ClN4O3. The molecule has 0 saturated carbocycles. The first-order valence-corrected chi connectivity index (χ1v) is 11.5. The molecule has 1 atom stereocenters. The van der Waals surface area contributed by atoms with Crippen molar-refractivity contribution in [1.29, 1.82) is 0 Å². The average molecular weight is 455 g/mol. The number of aromatic nitrogens is 2. The fourth-order valence-electron chi connectivity index (χ4n) is 4.58. The van der Waals surface area contributed by atoms with Crippen molar-refractivity contribution in [2.45, 2.75) is 6.42 Å². The van der Waals surface area contributed by atoms with Crippen LogP contribution in [0.2, 0.25) is 5.02 Å². The average Bonchev–Trinajstić information content (AvgIpc) is 3.19. The Balaban J connectivity index is 1.33. The van der Waals surface area contributed by atoms with Gasteiger partial charge in [-0.3, -0.25) is 9.89 Å². The number of morpholine rings is 1. The highest BCUT2D eigenvalue weighted by Gasteiger charge is 2.25. The Bertz CT molecular complexity index is 1100. The largest absolute Gasteiger partial charge is 0.379 e. The van der Waals surface area contributed by atoms with E-state index < -0.39 is 0 Å². The summed E-state index contributed by atoms with van der Waals surface area (Å²) in [7, 11) is 0. The Hall–Kier alpha value is -2.61. The van der Waals surface area contributed by atoms with Crippen molar-refractivity contribution < 1.29 is 14.3 Å². The number of fused-ring (bicyclic) bond motifs is 1. The molecule has 32 heavy (non-hydrogen) atoms. The molecule has 8 heteroatoms. The molecule has 168 valence electrons. The number of nitrogens with zero attached hydrogens (tertiary/aromatic N) is 3. The lowest BCUT2D eigenvalue weighted by atomic mass is 9.97. The van der Waals surface area contributed by atoms with Gasteiger partial charge in [0.25, 0.3) is 5.91 Å². The van der Waals surface area contributed by atoms with Crippen LogP contribution in [0.3, 0.4) is 0 Å². The van der Waals surface area contributed by atoms with Gasteiger partial charge in [-0.25, -0.2) is 0 Å². The van der Waals surface area contributed by atoms with Crippen molar-refractivity contribution in [3.63, 3.8) is 0 Å². The molecule has 0 radical (unpaired) electrons. The zero-order valence-electron chi connectivity index (χ0n) is 17.9. The van der Waals surface area contributed by atoms with E-state index >= 15 is 0 Å². The van der Waals surface area contributed by atoms with Crippen molar-refractivity contribution in [2.24, 2.45) is 5.92 Å². The fourth-order valence-corrected chi connectivity index (χ4v) is 4.82. The van der Waals surface area contributed by atoms with Crippen molar-refractivity contribution in [2.75, 3.05) is 57.5 Å². The van der Waals surface area contributed by atoms with Crippen molar-refractivity contribution in [1.82, 2.24) is 15.1 Å². The monoisotopic (exact) mass is 454 g/mol. The predicted octanol–water partition coefficient (Wildman–Crippen LogP) is 3.38. The van der Waals surface area contributed by atoms with E-state index in [2.05, 4.69) is 21.2 Å². The number of halogens is 1. The molecule has 0 aliphatic carbocycles. The van der Waals surface area contributed by atoms with Crippen molar-refractivity contribution in [3.05, 3.63) is 58.7 Å². The quantitative estimate of drug-likeness (QED) is 0.654. The molecule has 2 aliphatic heterocycles. The van der Waals surface area contributed by atoms with Crippen molar-refractivity contribution in [3.8, 4) is 0 Å². The fraction of sp³-hybridized carbons (Fsp3) is 0.417. The molecule has 2 saturated heterocycles. The summed E-state index contributed by atoms with van der Waals surface area (Å²) in [5.74, 6) is 0.237. The highest BCUT2D eigenvalue weighted by Crippen LogP contribution is 2.29. The maximum atomic E-state index is 13.4. The minimum absolute atomic E-state index is 0.0215. The second-order valence-electron chi connectivity index (χ2n) is 8.41. The Morgan fingerprint density at radius 2 is 1.97 bits per heavy atom. The molecule has 1 aromatic heterocycles. The second kappa shape index (κ2) is 9.48. The Morgan fingerprint density at radius 1 is 1.12 bits per heavy atom. The summed E-state index contributed by atoms with van der Waals surface area (Å²) in [5.41, 5.74) is 3.81. The predicted molar refractivity (Wildman–Crippen MR) is 124 cm³/mol. The van der Waals surface area contributed by atoms with E-state index in [1.165, 1.54) is 5.56 Å². The van der Waals surface area contributed by atoms with Gasteiger partial charge in [0.2, 0.25) is 0 Å². The molecule has 5 rings (SSSR count). The minimum atomic E-state index is 0.0215. The lowest BCUT2D eigenvalue weighted by molar-refractivity contribution is 0.0737. The van der Waals surface area contributed by atoms with Crippen LogP contribution >= 0.6 is 11.6 Å². The van der Waals surface area contributed by atoms with Crippen LogP contribution in [0.5, 0.6) is 0 Å². The molecule has 7 nitrogen and oxygen atoms in total. The van der Waals surface area contributed by atoms with Crippen LogP contribution in [0.25, 0.3) is 10.9 Å². The highest BCUT2D eigenvalue weighted by atomic mass is 35.5. The van der Waals surface area contributed by atoms with Gasteiger partial charge < -0.3 is 19.3 Å². The number of carbonyl (C=O) groups excluding carboxylic acids is 1. The maximum Gasteiger partial charge on any atom is 0.254 e. The number of nitrogens with one attached hydrogen (secondary N) is 1. The number of H-pyrrole nitrogens is 1. The normalized spacial score (nSPS) is 19.8. The van der Waals surface area contributed by atoms with Crippen molar-refractivity contribution >= 4 is 34.1 Å². The first-order valence-electron chi connectivity index (χ1n) is 11.1. The first-order chi connectivity index (χ1) is 15.7. The van der Waals surface area contributed by atoms with Gasteiger partial charge in [-0.2, -0.15) is 5.10 Å². The van der Waals surface area contributed by atoms with E-state index in [9.17, 15) is 4.79 Å². The first kappa shape index (κ1) is 21.2. The molecular weight excluding hydrogens is 428 g/mol. The third kappa shape index (κ3) is 4.46. The van der Waals surface area contributed by atoms with Gasteiger partial charge >= 0.3 is 0 Å². The smallest absolute Gasteiger partial charge is 0.254 e. The van der Waals surface area contributed by atoms with Gasteiger partial charge in [-0.15, -0.1) is 0 Å². The number of amides is 1. The highest BCUT2D eigenvalue weighted by molar-refractivity contribution is 6.33. The van der Waals surface area contributed by atoms with E-state index in [4.69, 9.17) is 21.1 Å². The van der Waals surface area contributed by atoms with Gasteiger partial charge in [0.05, 0.1) is 48.9 Å². The van der Waals surface area contributed by atoms with E-state index in [0.717, 1.165) is 36.1 Å². The minimum Gasteiger partial charge on any atom is -0.379 e. The standard InChI is InChI=1S/C24H27ClN4O3/c25-21-5-4-19(13-23(21)28-6-9-31-10-7-28)24(30)29-8-11-32-16-17(15-29)12-18-2-1-3-22-20(18)14-26-27-22/h1-5,13-14,17H,6-12,15-16H2,(H,26,27)/t17-/m0/s1. The lowest BCUT2D eigenvalue weighted by Crippen LogP contribution is -2.38. The lowest BCUT2D eigenvalue weighted by Gasteiger charge is -2.30. The summed E-state index contributed by atoms with van der Waals surface area (Å²) in [6, 6.07) is 11.8. The van der Waals surface area contributed by atoms with E-state index in [-0.39, 0.29) is 11.8 Å². The Kier molecular flexibility index (Phi) is 6.30. The van der Waals surface area contributed by atoms with E-state index in [1.807, 2.05) is 41.4 Å². The molecule has 0 unspecified atom stereocenters.